The molecule has 0 bridgehead atoms. The van der Waals surface area contributed by atoms with Gasteiger partial charge in [-0.05, 0) is 67.4 Å². The first-order chi connectivity index (χ1) is 29.7. The van der Waals surface area contributed by atoms with Gasteiger partial charge in [0.2, 0.25) is 0 Å². The lowest BCUT2D eigenvalue weighted by atomic mass is 9.96. The number of esters is 7. The Morgan fingerprint density at radius 2 is 0.921 bits per heavy atom. The largest absolute Gasteiger partial charge is 0.462 e. The lowest BCUT2D eigenvalue weighted by Crippen LogP contribution is -2.27. The number of carbonyl (C=O) groups is 7. The van der Waals surface area contributed by atoms with Gasteiger partial charge in [-0.3, -0.25) is 0 Å². The van der Waals surface area contributed by atoms with Gasteiger partial charge in [0.1, 0.15) is 44.6 Å². The summed E-state index contributed by atoms with van der Waals surface area (Å²) in [5, 5.41) is 0. The molecule has 0 amide bonds. The van der Waals surface area contributed by atoms with Crippen LogP contribution in [0.3, 0.4) is 0 Å². The second-order valence-corrected chi connectivity index (χ2v) is 14.9. The molecule has 336 valence electrons. The van der Waals surface area contributed by atoms with E-state index in [0.29, 0.717) is 39.4 Å². The first-order valence-electron chi connectivity index (χ1n) is 18.7. The fourth-order valence-electron chi connectivity index (χ4n) is 4.10. The van der Waals surface area contributed by atoms with E-state index in [2.05, 4.69) is 46.1 Å². The van der Waals surface area contributed by atoms with Gasteiger partial charge in [0.05, 0.1) is 13.2 Å². The first-order valence-corrected chi connectivity index (χ1v) is 19.5. The van der Waals surface area contributed by atoms with Crippen LogP contribution in [0.1, 0.15) is 54.3 Å². The molecule has 0 N–H and O–H groups in total. The summed E-state index contributed by atoms with van der Waals surface area (Å²) in [5.74, 6) is -2.52. The van der Waals surface area contributed by atoms with Crippen LogP contribution >= 0.6 is 11.3 Å². The minimum atomic E-state index is -0.556. The molecule has 0 aliphatic rings. The molecule has 63 heavy (non-hydrogen) atoms. The van der Waals surface area contributed by atoms with Crippen LogP contribution in [0.25, 0.3) is 11.3 Å². The van der Waals surface area contributed by atoms with E-state index in [1.165, 1.54) is 11.3 Å². The second-order valence-electron chi connectivity index (χ2n) is 13.6. The highest BCUT2D eigenvalue weighted by Crippen LogP contribution is 2.26. The topological polar surface area (TPSA) is 197 Å². The number of furan rings is 1. The van der Waals surface area contributed by atoms with Gasteiger partial charge < -0.3 is 37.6 Å². The normalized spacial score (nSPS) is 9.97. The Labute approximate surface area is 370 Å². The van der Waals surface area contributed by atoms with Crippen molar-refractivity contribution in [3.8, 4) is 11.3 Å². The third-order valence-electron chi connectivity index (χ3n) is 7.27. The summed E-state index contributed by atoms with van der Waals surface area (Å²) in [6.07, 6.45) is 5.38. The van der Waals surface area contributed by atoms with E-state index in [9.17, 15) is 33.6 Å². The molecular formula is C47H52O15S. The molecule has 0 atom stereocenters. The number of ether oxygens (including phenoxy) is 7. The average Bonchev–Trinajstić information content (AvgIpc) is 3.96. The van der Waals surface area contributed by atoms with Crippen molar-refractivity contribution in [2.24, 2.45) is 5.41 Å². The summed E-state index contributed by atoms with van der Waals surface area (Å²) in [6, 6.07) is 12.3. The van der Waals surface area contributed by atoms with Crippen LogP contribution in [0.4, 0.5) is 0 Å². The molecule has 0 aliphatic carbocycles. The summed E-state index contributed by atoms with van der Waals surface area (Å²) in [4.78, 5) is 79.6. The minimum absolute atomic E-state index is 0.00557. The van der Waals surface area contributed by atoms with Gasteiger partial charge in [0.15, 0.2) is 0 Å². The van der Waals surface area contributed by atoms with Crippen LogP contribution in [-0.4, -0.2) is 55.0 Å². The van der Waals surface area contributed by atoms with Crippen LogP contribution < -0.4 is 0 Å². The highest BCUT2D eigenvalue weighted by Gasteiger charge is 2.22. The number of rotatable bonds is 22. The van der Waals surface area contributed by atoms with Crippen molar-refractivity contribution in [2.45, 2.75) is 60.7 Å². The van der Waals surface area contributed by atoms with Crippen molar-refractivity contribution in [1.29, 1.82) is 0 Å². The molecule has 0 unspecified atom stereocenters. The van der Waals surface area contributed by atoms with Gasteiger partial charge in [0, 0.05) is 62.3 Å². The van der Waals surface area contributed by atoms with Gasteiger partial charge in [-0.2, -0.15) is 0 Å². The molecule has 15 nitrogen and oxygen atoms in total. The lowest BCUT2D eigenvalue weighted by molar-refractivity contribution is -0.147. The van der Waals surface area contributed by atoms with E-state index in [0.717, 1.165) is 40.1 Å². The number of thiophene rings is 1. The van der Waals surface area contributed by atoms with E-state index in [1.807, 2.05) is 26.0 Å². The zero-order valence-electron chi connectivity index (χ0n) is 35.9. The minimum Gasteiger partial charge on any atom is -0.462 e. The molecule has 2 heterocycles. The zero-order valence-corrected chi connectivity index (χ0v) is 36.7. The molecule has 0 spiro atoms. The molecule has 0 fully saturated rings. The lowest BCUT2D eigenvalue weighted by Gasteiger charge is -2.22. The van der Waals surface area contributed by atoms with Gasteiger partial charge in [0.25, 0.3) is 0 Å². The number of hydrogen-bond acceptors (Lipinski definition) is 16. The van der Waals surface area contributed by atoms with Crippen molar-refractivity contribution >= 4 is 53.1 Å². The molecule has 3 aromatic rings. The van der Waals surface area contributed by atoms with Gasteiger partial charge in [-0.25, -0.2) is 33.6 Å². The Morgan fingerprint density at radius 3 is 1.30 bits per heavy atom. The monoisotopic (exact) mass is 888 g/mol. The second kappa shape index (κ2) is 28.2. The summed E-state index contributed by atoms with van der Waals surface area (Å²) < 4.78 is 40.5. The predicted octanol–water partition coefficient (Wildman–Crippen LogP) is 8.09. The maximum atomic E-state index is 11.3. The Kier molecular flexibility index (Phi) is 24.1. The van der Waals surface area contributed by atoms with E-state index in [4.69, 9.17) is 37.6 Å². The maximum absolute atomic E-state index is 11.3. The van der Waals surface area contributed by atoms with Crippen LogP contribution in [0.2, 0.25) is 0 Å². The van der Waals surface area contributed by atoms with Crippen LogP contribution in [0.15, 0.2) is 134 Å². The van der Waals surface area contributed by atoms with Crippen molar-refractivity contribution in [1.82, 2.24) is 0 Å². The van der Waals surface area contributed by atoms with Crippen LogP contribution in [0, 0.1) is 5.41 Å². The van der Waals surface area contributed by atoms with Crippen LogP contribution in [-0.2, 0) is 99.8 Å². The van der Waals surface area contributed by atoms with Gasteiger partial charge in [-0.15, -0.1) is 11.3 Å². The molecule has 0 aliphatic heterocycles. The average molecular weight is 889 g/mol. The van der Waals surface area contributed by atoms with Crippen molar-refractivity contribution < 1.29 is 71.1 Å². The highest BCUT2D eigenvalue weighted by molar-refractivity contribution is 7.11. The van der Waals surface area contributed by atoms with E-state index in [-0.39, 0.29) is 46.2 Å². The maximum Gasteiger partial charge on any atom is 0.333 e. The number of hydrogen-bond donors (Lipinski definition) is 0. The molecule has 0 saturated carbocycles. The zero-order chi connectivity index (χ0) is 47.5. The van der Waals surface area contributed by atoms with E-state index < -0.39 is 47.2 Å². The van der Waals surface area contributed by atoms with Crippen molar-refractivity contribution in [3.05, 3.63) is 157 Å². The van der Waals surface area contributed by atoms with E-state index >= 15 is 0 Å². The Hall–Kier alpha value is -7.33. The highest BCUT2D eigenvalue weighted by atomic mass is 32.1. The standard InChI is InChI=1S/C22H20O7.C14H16O4S.C11H16O4/c1-4-20(23)26-12-15-9-16(13-27-21(24)5-2)11-17(10-15)19-8-7-18(29-19)14-28-22(25)6-3;1-9(2)13(15)17-7-11-5-6-12(19-11)8-18-14(16)10(3)4;1-5-9(12)14-7-11(3,4)8-15-10(13)6-2/h4-11H,1-3,12-14H2;5-6H,1,3,7-8H2,2,4H3;5-6H,1-2,7-8H2,3-4H3. The molecule has 0 saturated heterocycles. The molecule has 16 heteroatoms. The van der Waals surface area contributed by atoms with E-state index in [1.54, 1.807) is 44.2 Å². The molecule has 3 rings (SSSR count). The van der Waals surface area contributed by atoms with Crippen molar-refractivity contribution in [2.75, 3.05) is 13.2 Å². The third kappa shape index (κ3) is 22.7. The fraction of sp³-hybridized carbons (Fsp3) is 0.255. The summed E-state index contributed by atoms with van der Waals surface area (Å²) in [7, 11) is 0. The quantitative estimate of drug-likeness (QED) is 0.0533. The SMILES string of the molecule is C=C(C)C(=O)OCc1ccc(COC(=O)C(=C)C)s1.C=CC(=O)OCC(C)(C)COC(=O)C=C.C=CC(=O)OCc1cc(COC(=O)C=C)cc(-c2ccc(COC(=O)C=C)o2)c1. The van der Waals surface area contributed by atoms with Crippen molar-refractivity contribution in [3.63, 3.8) is 0 Å². The molecule has 2 aromatic heterocycles. The summed E-state index contributed by atoms with van der Waals surface area (Å²) in [6.45, 7) is 31.1. The molecule has 0 radical (unpaired) electrons. The van der Waals surface area contributed by atoms with Crippen LogP contribution in [0.5, 0.6) is 0 Å². The van der Waals surface area contributed by atoms with Gasteiger partial charge >= 0.3 is 41.8 Å². The smallest absolute Gasteiger partial charge is 0.333 e. The molecular weight excluding hydrogens is 837 g/mol. The third-order valence-corrected chi connectivity index (χ3v) is 8.30. The van der Waals surface area contributed by atoms with Gasteiger partial charge in [-0.1, -0.05) is 59.9 Å². The Balaban J connectivity index is 0.000000506. The summed E-state index contributed by atoms with van der Waals surface area (Å²) >= 11 is 1.43. The fourth-order valence-corrected chi connectivity index (χ4v) is 4.94. The number of benzene rings is 1. The predicted molar refractivity (Wildman–Crippen MR) is 234 cm³/mol. The Morgan fingerprint density at radius 1 is 0.540 bits per heavy atom. The Bertz CT molecular complexity index is 2050. The first kappa shape index (κ1) is 53.7. The number of carbonyl (C=O) groups excluding carboxylic acids is 7. The molecule has 1 aromatic carbocycles. The summed E-state index contributed by atoms with van der Waals surface area (Å²) in [5.41, 5.74) is 2.32.